The van der Waals surface area contributed by atoms with Crippen molar-refractivity contribution < 1.29 is 4.74 Å². The minimum absolute atomic E-state index is 0.182. The molecule has 2 N–H and O–H groups in total. The molecule has 2 aliphatic heterocycles. The van der Waals surface area contributed by atoms with Gasteiger partial charge in [-0.2, -0.15) is 0 Å². The minimum Gasteiger partial charge on any atom is -0.466 e. The van der Waals surface area contributed by atoms with E-state index in [1.807, 2.05) is 25.1 Å². The Hall–Kier alpha value is -1.00. The molecule has 2 heterocycles. The SMILES string of the molecule is CC12CC(NC(=S)N1)c1cccc(Cl)c1O2. The standard InChI is InChI=1S/C11H11ClN2OS/c1-11-5-8(13-10(16)14-11)6-3-2-4-7(12)9(6)15-11/h2-4,8H,5H2,1H3,(H2,13,14,16). The number of thiocarbonyl (C=S) groups is 1. The molecule has 3 rings (SSSR count). The Balaban J connectivity index is 2.14. The number of hydrogen-bond donors (Lipinski definition) is 2. The lowest BCUT2D eigenvalue weighted by Crippen LogP contribution is -2.62. The summed E-state index contributed by atoms with van der Waals surface area (Å²) in [5.74, 6) is 0.755. The Morgan fingerprint density at radius 1 is 1.56 bits per heavy atom. The molecule has 2 unspecified atom stereocenters. The number of halogens is 1. The highest BCUT2D eigenvalue weighted by atomic mass is 35.5. The van der Waals surface area contributed by atoms with Crippen LogP contribution < -0.4 is 15.4 Å². The summed E-state index contributed by atoms with van der Waals surface area (Å²) < 4.78 is 5.92. The molecule has 1 aromatic carbocycles. The average molecular weight is 255 g/mol. The van der Waals surface area contributed by atoms with E-state index in [1.54, 1.807) is 0 Å². The maximum atomic E-state index is 6.14. The highest BCUT2D eigenvalue weighted by Crippen LogP contribution is 2.43. The van der Waals surface area contributed by atoms with Crippen molar-refractivity contribution in [2.75, 3.05) is 0 Å². The number of para-hydroxylation sites is 1. The molecule has 2 atom stereocenters. The van der Waals surface area contributed by atoms with Crippen molar-refractivity contribution in [2.24, 2.45) is 0 Å². The van der Waals surface area contributed by atoms with Crippen LogP contribution in [-0.4, -0.2) is 10.8 Å². The molecule has 5 heteroatoms. The van der Waals surface area contributed by atoms with Gasteiger partial charge in [0.1, 0.15) is 5.75 Å². The number of nitrogens with one attached hydrogen (secondary N) is 2. The van der Waals surface area contributed by atoms with Gasteiger partial charge in [0.05, 0.1) is 11.1 Å². The van der Waals surface area contributed by atoms with Crippen LogP contribution in [0, 0.1) is 0 Å². The fourth-order valence-corrected chi connectivity index (χ4v) is 2.89. The van der Waals surface area contributed by atoms with Crippen molar-refractivity contribution in [3.8, 4) is 5.75 Å². The van der Waals surface area contributed by atoms with Crippen LogP contribution in [0.5, 0.6) is 5.75 Å². The fraction of sp³-hybridized carbons (Fsp3) is 0.364. The van der Waals surface area contributed by atoms with Crippen molar-refractivity contribution in [3.63, 3.8) is 0 Å². The van der Waals surface area contributed by atoms with E-state index in [1.165, 1.54) is 0 Å². The van der Waals surface area contributed by atoms with Crippen LogP contribution in [0.2, 0.25) is 5.02 Å². The second-order valence-corrected chi connectivity index (χ2v) is 5.16. The first-order valence-electron chi connectivity index (χ1n) is 5.13. The first-order chi connectivity index (χ1) is 7.57. The monoisotopic (exact) mass is 254 g/mol. The second kappa shape index (κ2) is 3.25. The summed E-state index contributed by atoms with van der Waals surface area (Å²) in [5, 5.41) is 7.64. The van der Waals surface area contributed by atoms with E-state index < -0.39 is 5.72 Å². The van der Waals surface area contributed by atoms with Gasteiger partial charge in [-0.15, -0.1) is 0 Å². The van der Waals surface area contributed by atoms with Crippen LogP contribution in [0.15, 0.2) is 18.2 Å². The van der Waals surface area contributed by atoms with Gasteiger partial charge in [-0.05, 0) is 25.2 Å². The third-order valence-electron chi connectivity index (χ3n) is 2.98. The Morgan fingerprint density at radius 3 is 3.19 bits per heavy atom. The molecule has 0 spiro atoms. The highest BCUT2D eigenvalue weighted by Gasteiger charge is 2.42. The van der Waals surface area contributed by atoms with E-state index in [-0.39, 0.29) is 6.04 Å². The third-order valence-corrected chi connectivity index (χ3v) is 3.49. The third kappa shape index (κ3) is 1.44. The molecule has 0 aromatic heterocycles. The first-order valence-corrected chi connectivity index (χ1v) is 5.92. The second-order valence-electron chi connectivity index (χ2n) is 4.35. The molecule has 0 radical (unpaired) electrons. The molecule has 2 bridgehead atoms. The molecular formula is C11H11ClN2OS. The summed E-state index contributed by atoms with van der Waals surface area (Å²) in [7, 11) is 0. The average Bonchev–Trinajstić information content (AvgIpc) is 2.18. The molecule has 0 saturated carbocycles. The van der Waals surface area contributed by atoms with Crippen LogP contribution in [0.1, 0.15) is 24.9 Å². The number of fused-ring (bicyclic) bond motifs is 4. The zero-order chi connectivity index (χ0) is 11.3. The van der Waals surface area contributed by atoms with Gasteiger partial charge in [0.2, 0.25) is 0 Å². The maximum Gasteiger partial charge on any atom is 0.181 e. The lowest BCUT2D eigenvalue weighted by molar-refractivity contribution is 0.0252. The zero-order valence-corrected chi connectivity index (χ0v) is 10.3. The van der Waals surface area contributed by atoms with E-state index >= 15 is 0 Å². The number of ether oxygens (including phenoxy) is 1. The molecule has 84 valence electrons. The van der Waals surface area contributed by atoms with E-state index in [2.05, 4.69) is 10.6 Å². The van der Waals surface area contributed by atoms with Crippen LogP contribution in [0.3, 0.4) is 0 Å². The molecular weight excluding hydrogens is 244 g/mol. The molecule has 16 heavy (non-hydrogen) atoms. The van der Waals surface area contributed by atoms with E-state index in [0.717, 1.165) is 17.7 Å². The summed E-state index contributed by atoms with van der Waals surface area (Å²) >= 11 is 11.3. The highest BCUT2D eigenvalue weighted by molar-refractivity contribution is 7.80. The van der Waals surface area contributed by atoms with E-state index in [4.69, 9.17) is 28.6 Å². The van der Waals surface area contributed by atoms with Crippen molar-refractivity contribution >= 4 is 28.9 Å². The van der Waals surface area contributed by atoms with Gasteiger partial charge in [-0.3, -0.25) is 0 Å². The van der Waals surface area contributed by atoms with Gasteiger partial charge < -0.3 is 15.4 Å². The summed E-state index contributed by atoms with van der Waals surface area (Å²) in [6.45, 7) is 1.99. The van der Waals surface area contributed by atoms with Crippen LogP contribution in [-0.2, 0) is 0 Å². The Morgan fingerprint density at radius 2 is 2.38 bits per heavy atom. The van der Waals surface area contributed by atoms with Gasteiger partial charge in [0.15, 0.2) is 10.8 Å². The van der Waals surface area contributed by atoms with E-state index in [9.17, 15) is 0 Å². The lowest BCUT2D eigenvalue weighted by atomic mass is 9.92. The molecule has 1 fully saturated rings. The molecule has 1 saturated heterocycles. The summed E-state index contributed by atoms with van der Waals surface area (Å²) in [4.78, 5) is 0. The summed E-state index contributed by atoms with van der Waals surface area (Å²) in [6.07, 6.45) is 0.834. The van der Waals surface area contributed by atoms with Gasteiger partial charge >= 0.3 is 0 Å². The van der Waals surface area contributed by atoms with Crippen molar-refractivity contribution in [1.82, 2.24) is 10.6 Å². The Bertz CT molecular complexity index is 479. The molecule has 1 aromatic rings. The van der Waals surface area contributed by atoms with Crippen LogP contribution in [0.4, 0.5) is 0 Å². The topological polar surface area (TPSA) is 33.3 Å². The van der Waals surface area contributed by atoms with Gasteiger partial charge in [0, 0.05) is 12.0 Å². The quantitative estimate of drug-likeness (QED) is 0.697. The molecule has 2 aliphatic rings. The van der Waals surface area contributed by atoms with Gasteiger partial charge in [-0.1, -0.05) is 23.7 Å². The molecule has 0 aliphatic carbocycles. The largest absolute Gasteiger partial charge is 0.466 e. The zero-order valence-electron chi connectivity index (χ0n) is 8.71. The van der Waals surface area contributed by atoms with Gasteiger partial charge in [0.25, 0.3) is 0 Å². The predicted molar refractivity (Wildman–Crippen MR) is 66.7 cm³/mol. The fourth-order valence-electron chi connectivity index (χ4n) is 2.31. The Kier molecular flexibility index (Phi) is 2.06. The summed E-state index contributed by atoms with van der Waals surface area (Å²) in [6, 6.07) is 5.97. The number of hydrogen-bond acceptors (Lipinski definition) is 2. The molecule has 0 amide bonds. The minimum atomic E-state index is -0.453. The Labute approximate surface area is 104 Å². The predicted octanol–water partition coefficient (Wildman–Crippen LogP) is 2.36. The summed E-state index contributed by atoms with van der Waals surface area (Å²) in [5.41, 5.74) is 0.624. The smallest absolute Gasteiger partial charge is 0.181 e. The maximum absolute atomic E-state index is 6.14. The van der Waals surface area contributed by atoms with Crippen molar-refractivity contribution in [3.05, 3.63) is 28.8 Å². The van der Waals surface area contributed by atoms with Crippen LogP contribution in [0.25, 0.3) is 0 Å². The number of benzene rings is 1. The first kappa shape index (κ1) is 10.2. The van der Waals surface area contributed by atoms with Gasteiger partial charge in [-0.25, -0.2) is 0 Å². The lowest BCUT2D eigenvalue weighted by Gasteiger charge is -2.45. The number of rotatable bonds is 0. The van der Waals surface area contributed by atoms with Crippen LogP contribution >= 0.6 is 23.8 Å². The van der Waals surface area contributed by atoms with Crippen molar-refractivity contribution in [1.29, 1.82) is 0 Å². The normalized spacial score (nSPS) is 30.9. The van der Waals surface area contributed by atoms with Crippen molar-refractivity contribution in [2.45, 2.75) is 25.1 Å². The molecule has 3 nitrogen and oxygen atoms in total. The van der Waals surface area contributed by atoms with E-state index in [0.29, 0.717) is 10.1 Å².